The Morgan fingerprint density at radius 2 is 1.92 bits per heavy atom. The number of rotatable bonds is 3. The quantitative estimate of drug-likeness (QED) is 0.923. The van der Waals surface area contributed by atoms with Crippen LogP contribution in [0.5, 0.6) is 0 Å². The molecule has 3 rings (SSSR count). The summed E-state index contributed by atoms with van der Waals surface area (Å²) < 4.78 is 13.9. The predicted molar refractivity (Wildman–Crippen MR) is 95.6 cm³/mol. The van der Waals surface area contributed by atoms with Crippen LogP contribution in [0, 0.1) is 5.82 Å². The number of carbonyl (C=O) groups excluding carboxylic acids is 1. The van der Waals surface area contributed by atoms with Crippen molar-refractivity contribution in [1.29, 1.82) is 0 Å². The van der Waals surface area contributed by atoms with Gasteiger partial charge in [-0.1, -0.05) is 12.1 Å². The van der Waals surface area contributed by atoms with E-state index in [4.69, 9.17) is 0 Å². The molecular weight excluding hydrogens is 323 g/mol. The van der Waals surface area contributed by atoms with Crippen molar-refractivity contribution in [2.24, 2.45) is 0 Å². The summed E-state index contributed by atoms with van der Waals surface area (Å²) in [5, 5.41) is 2.86. The van der Waals surface area contributed by atoms with Crippen molar-refractivity contribution >= 4 is 23.2 Å². The van der Waals surface area contributed by atoms with E-state index < -0.39 is 0 Å². The smallest absolute Gasteiger partial charge is 0.322 e. The fourth-order valence-electron chi connectivity index (χ4n) is 2.82. The summed E-state index contributed by atoms with van der Waals surface area (Å²) in [6, 6.07) is 6.50. The summed E-state index contributed by atoms with van der Waals surface area (Å²) in [5.74, 6) is 0.408. The Hall–Kier alpha value is -2.90. The minimum atomic E-state index is -0.238. The number of nitrogens with zero attached hydrogens (tertiary/aromatic N) is 5. The molecule has 0 atom stereocenters. The summed E-state index contributed by atoms with van der Waals surface area (Å²) >= 11 is 0. The molecule has 0 saturated carbocycles. The van der Waals surface area contributed by atoms with Gasteiger partial charge in [-0.3, -0.25) is 0 Å². The molecule has 0 radical (unpaired) electrons. The van der Waals surface area contributed by atoms with E-state index in [0.717, 1.165) is 0 Å². The second kappa shape index (κ2) is 7.33. The zero-order valence-corrected chi connectivity index (χ0v) is 14.3. The van der Waals surface area contributed by atoms with Gasteiger partial charge in [-0.2, -0.15) is 0 Å². The number of amides is 2. The normalized spacial score (nSPS) is 14.4. The first-order valence-corrected chi connectivity index (χ1v) is 8.09. The zero-order valence-electron chi connectivity index (χ0n) is 14.3. The molecule has 0 bridgehead atoms. The van der Waals surface area contributed by atoms with Gasteiger partial charge >= 0.3 is 6.03 Å². The lowest BCUT2D eigenvalue weighted by Gasteiger charge is -2.36. The maximum atomic E-state index is 13.9. The van der Waals surface area contributed by atoms with Gasteiger partial charge in [0, 0.05) is 40.3 Å². The molecule has 2 aromatic rings. The van der Waals surface area contributed by atoms with Crippen LogP contribution in [0.1, 0.15) is 0 Å². The van der Waals surface area contributed by atoms with Crippen LogP contribution in [0.25, 0.3) is 0 Å². The molecule has 7 nitrogen and oxygen atoms in total. The first-order valence-electron chi connectivity index (χ1n) is 8.09. The average molecular weight is 344 g/mol. The Morgan fingerprint density at radius 1 is 1.20 bits per heavy atom. The molecule has 1 aliphatic rings. The lowest BCUT2D eigenvalue weighted by Crippen LogP contribution is -2.50. The minimum absolute atomic E-state index is 0.203. The van der Waals surface area contributed by atoms with Crippen molar-refractivity contribution < 1.29 is 9.18 Å². The van der Waals surface area contributed by atoms with Gasteiger partial charge in [-0.15, -0.1) is 0 Å². The Labute approximate surface area is 146 Å². The third kappa shape index (κ3) is 3.78. The maximum Gasteiger partial charge on any atom is 0.322 e. The van der Waals surface area contributed by atoms with Crippen molar-refractivity contribution in [3.8, 4) is 0 Å². The van der Waals surface area contributed by atoms with Gasteiger partial charge in [0.2, 0.25) is 0 Å². The standard InChI is InChI=1S/C17H21FN6O/c1-22(2)16-14(11-19-12-20-16)21-17(25)24-9-7-23(8-10-24)15-6-4-3-5-13(15)18/h3-6,11-12H,7-10H2,1-2H3,(H,21,25). The topological polar surface area (TPSA) is 64.6 Å². The molecular formula is C17H21FN6O. The number of hydrogen-bond donors (Lipinski definition) is 1. The van der Waals surface area contributed by atoms with E-state index in [2.05, 4.69) is 15.3 Å². The molecule has 1 fully saturated rings. The van der Waals surface area contributed by atoms with Crippen LogP contribution in [0.4, 0.5) is 26.4 Å². The minimum Gasteiger partial charge on any atom is -0.366 e. The molecule has 2 heterocycles. The number of benzene rings is 1. The van der Waals surface area contributed by atoms with Gasteiger partial charge in [0.25, 0.3) is 0 Å². The van der Waals surface area contributed by atoms with Crippen LogP contribution in [-0.2, 0) is 0 Å². The molecule has 8 heteroatoms. The number of para-hydroxylation sites is 1. The lowest BCUT2D eigenvalue weighted by molar-refractivity contribution is 0.208. The highest BCUT2D eigenvalue weighted by molar-refractivity contribution is 5.92. The highest BCUT2D eigenvalue weighted by Gasteiger charge is 2.23. The highest BCUT2D eigenvalue weighted by Crippen LogP contribution is 2.22. The monoisotopic (exact) mass is 344 g/mol. The third-order valence-electron chi connectivity index (χ3n) is 4.12. The van der Waals surface area contributed by atoms with Crippen molar-refractivity contribution in [3.05, 3.63) is 42.6 Å². The number of urea groups is 1. The fourth-order valence-corrected chi connectivity index (χ4v) is 2.82. The van der Waals surface area contributed by atoms with E-state index in [1.807, 2.05) is 30.0 Å². The molecule has 1 saturated heterocycles. The van der Waals surface area contributed by atoms with Gasteiger partial charge in [0.1, 0.15) is 17.8 Å². The summed E-state index contributed by atoms with van der Waals surface area (Å²) in [7, 11) is 3.70. The Bertz CT molecular complexity index is 745. The molecule has 2 amide bonds. The SMILES string of the molecule is CN(C)c1ncncc1NC(=O)N1CCN(c2ccccc2F)CC1. The largest absolute Gasteiger partial charge is 0.366 e. The summed E-state index contributed by atoms with van der Waals surface area (Å²) in [6.07, 6.45) is 3.02. The summed E-state index contributed by atoms with van der Waals surface area (Å²) in [6.45, 7) is 2.21. The van der Waals surface area contributed by atoms with Gasteiger partial charge in [0.15, 0.2) is 5.82 Å². The van der Waals surface area contributed by atoms with Crippen molar-refractivity contribution in [2.45, 2.75) is 0 Å². The van der Waals surface area contributed by atoms with E-state index in [0.29, 0.717) is 43.4 Å². The van der Waals surface area contributed by atoms with Crippen molar-refractivity contribution in [1.82, 2.24) is 14.9 Å². The first kappa shape index (κ1) is 16.9. The second-order valence-electron chi connectivity index (χ2n) is 6.01. The van der Waals surface area contributed by atoms with Crippen molar-refractivity contribution in [2.75, 3.05) is 55.4 Å². The molecule has 132 valence electrons. The third-order valence-corrected chi connectivity index (χ3v) is 4.12. The van der Waals surface area contributed by atoms with Crippen LogP contribution < -0.4 is 15.1 Å². The fraction of sp³-hybridized carbons (Fsp3) is 0.353. The highest BCUT2D eigenvalue weighted by atomic mass is 19.1. The lowest BCUT2D eigenvalue weighted by atomic mass is 10.2. The Kier molecular flexibility index (Phi) is 4.97. The number of piperazine rings is 1. The van der Waals surface area contributed by atoms with Gasteiger partial charge in [0.05, 0.1) is 11.9 Å². The number of carbonyl (C=O) groups is 1. The number of anilines is 3. The molecule has 25 heavy (non-hydrogen) atoms. The van der Waals surface area contributed by atoms with Crippen LogP contribution >= 0.6 is 0 Å². The van der Waals surface area contributed by atoms with E-state index in [1.54, 1.807) is 23.2 Å². The Morgan fingerprint density at radius 3 is 2.60 bits per heavy atom. The molecule has 1 aromatic heterocycles. The first-order chi connectivity index (χ1) is 12.1. The molecule has 1 aliphatic heterocycles. The van der Waals surface area contributed by atoms with E-state index in [9.17, 15) is 9.18 Å². The Balaban J connectivity index is 1.62. The number of halogens is 1. The summed E-state index contributed by atoms with van der Waals surface area (Å²) in [5.41, 5.74) is 1.14. The molecule has 0 unspecified atom stereocenters. The maximum absolute atomic E-state index is 13.9. The van der Waals surface area contributed by atoms with Gasteiger partial charge in [-0.25, -0.2) is 19.2 Å². The van der Waals surface area contributed by atoms with Crippen LogP contribution in [0.3, 0.4) is 0 Å². The average Bonchev–Trinajstić information content (AvgIpc) is 2.62. The number of aromatic nitrogens is 2. The molecule has 1 aromatic carbocycles. The molecule has 0 aliphatic carbocycles. The number of nitrogens with one attached hydrogen (secondary N) is 1. The second-order valence-corrected chi connectivity index (χ2v) is 6.01. The van der Waals surface area contributed by atoms with Gasteiger partial charge in [-0.05, 0) is 12.1 Å². The van der Waals surface area contributed by atoms with E-state index >= 15 is 0 Å². The molecule has 0 spiro atoms. The van der Waals surface area contributed by atoms with Gasteiger partial charge < -0.3 is 20.0 Å². The van der Waals surface area contributed by atoms with E-state index in [-0.39, 0.29) is 11.8 Å². The number of hydrogen-bond acceptors (Lipinski definition) is 5. The van der Waals surface area contributed by atoms with Crippen LogP contribution in [0.2, 0.25) is 0 Å². The van der Waals surface area contributed by atoms with E-state index in [1.165, 1.54) is 12.4 Å². The zero-order chi connectivity index (χ0) is 17.8. The molecule has 1 N–H and O–H groups in total. The predicted octanol–water partition coefficient (Wildman–Crippen LogP) is 2.04. The van der Waals surface area contributed by atoms with Crippen molar-refractivity contribution in [3.63, 3.8) is 0 Å². The van der Waals surface area contributed by atoms with Crippen LogP contribution in [0.15, 0.2) is 36.8 Å². The van der Waals surface area contributed by atoms with Crippen LogP contribution in [-0.4, -0.2) is 61.2 Å². The summed E-state index contributed by atoms with van der Waals surface area (Å²) in [4.78, 5) is 26.1.